The minimum absolute atomic E-state index is 0.0206. The maximum atomic E-state index is 11.8. The molecule has 1 rings (SSSR count). The molecule has 1 N–H and O–H groups in total. The standard InChI is InChI=1S/C8H9Br2NO3S/c1-11(2)15(13,14)5-3-6(9)8(12)7(10)4-5/h3-4,12H,1-2H3. The van der Waals surface area contributed by atoms with Crippen molar-refractivity contribution in [1.29, 1.82) is 0 Å². The third kappa shape index (κ3) is 2.52. The van der Waals surface area contributed by atoms with Crippen molar-refractivity contribution in [2.24, 2.45) is 0 Å². The quantitative estimate of drug-likeness (QED) is 0.881. The molecule has 0 aliphatic heterocycles. The Morgan fingerprint density at radius 1 is 1.20 bits per heavy atom. The highest BCUT2D eigenvalue weighted by Gasteiger charge is 2.19. The maximum absolute atomic E-state index is 11.8. The van der Waals surface area contributed by atoms with E-state index in [-0.39, 0.29) is 10.6 Å². The van der Waals surface area contributed by atoms with Crippen molar-refractivity contribution < 1.29 is 13.5 Å². The molecule has 0 atom stereocenters. The van der Waals surface area contributed by atoms with Crippen LogP contribution in [0.15, 0.2) is 26.0 Å². The molecule has 1 aromatic carbocycles. The molecular weight excluding hydrogens is 350 g/mol. The van der Waals surface area contributed by atoms with Gasteiger partial charge in [0.2, 0.25) is 10.0 Å². The van der Waals surface area contributed by atoms with E-state index in [2.05, 4.69) is 31.9 Å². The van der Waals surface area contributed by atoms with E-state index in [0.717, 1.165) is 4.31 Å². The van der Waals surface area contributed by atoms with E-state index >= 15 is 0 Å². The van der Waals surface area contributed by atoms with Gasteiger partial charge in [-0.15, -0.1) is 0 Å². The van der Waals surface area contributed by atoms with E-state index in [4.69, 9.17) is 0 Å². The van der Waals surface area contributed by atoms with Gasteiger partial charge in [-0.1, -0.05) is 0 Å². The molecule has 0 amide bonds. The highest BCUT2D eigenvalue weighted by Crippen LogP contribution is 2.35. The van der Waals surface area contributed by atoms with Crippen LogP contribution in [-0.4, -0.2) is 31.9 Å². The van der Waals surface area contributed by atoms with Crippen molar-refractivity contribution in [2.75, 3.05) is 14.1 Å². The van der Waals surface area contributed by atoms with Crippen molar-refractivity contribution >= 4 is 41.9 Å². The Kier molecular flexibility index (Phi) is 3.80. The average Bonchev–Trinajstić information content (AvgIpc) is 2.13. The lowest BCUT2D eigenvalue weighted by atomic mass is 10.3. The molecule has 0 fully saturated rings. The number of halogens is 2. The van der Waals surface area contributed by atoms with E-state index < -0.39 is 10.0 Å². The van der Waals surface area contributed by atoms with Gasteiger partial charge in [0, 0.05) is 14.1 Å². The first-order valence-electron chi connectivity index (χ1n) is 3.87. The molecule has 0 aliphatic rings. The molecular formula is C8H9Br2NO3S. The Morgan fingerprint density at radius 3 is 1.93 bits per heavy atom. The van der Waals surface area contributed by atoms with Gasteiger partial charge in [0.1, 0.15) is 5.75 Å². The zero-order valence-electron chi connectivity index (χ0n) is 8.03. The Labute approximate surface area is 105 Å². The van der Waals surface area contributed by atoms with Crippen molar-refractivity contribution in [3.05, 3.63) is 21.1 Å². The number of phenolic OH excluding ortho intramolecular Hbond substituents is 1. The fraction of sp³-hybridized carbons (Fsp3) is 0.250. The molecule has 0 saturated heterocycles. The summed E-state index contributed by atoms with van der Waals surface area (Å²) in [4.78, 5) is 0.115. The molecule has 7 heteroatoms. The maximum Gasteiger partial charge on any atom is 0.242 e. The zero-order chi connectivity index (χ0) is 11.8. The number of nitrogens with zero attached hydrogens (tertiary/aromatic N) is 1. The Bertz CT molecular complexity index is 462. The first-order chi connectivity index (χ1) is 6.76. The van der Waals surface area contributed by atoms with Crippen LogP contribution < -0.4 is 0 Å². The minimum Gasteiger partial charge on any atom is -0.506 e. The summed E-state index contributed by atoms with van der Waals surface area (Å²) in [5, 5.41) is 9.43. The van der Waals surface area contributed by atoms with Crippen LogP contribution in [0.5, 0.6) is 5.75 Å². The molecule has 84 valence electrons. The van der Waals surface area contributed by atoms with Gasteiger partial charge in [-0.05, 0) is 44.0 Å². The lowest BCUT2D eigenvalue weighted by Gasteiger charge is -2.12. The Balaban J connectivity index is 3.42. The molecule has 0 bridgehead atoms. The summed E-state index contributed by atoms with van der Waals surface area (Å²) in [5.74, 6) is -0.0206. The molecule has 0 unspecified atom stereocenters. The van der Waals surface area contributed by atoms with Gasteiger partial charge in [0.25, 0.3) is 0 Å². The predicted molar refractivity (Wildman–Crippen MR) is 64.4 cm³/mol. The van der Waals surface area contributed by atoms with Crippen LogP contribution in [0.2, 0.25) is 0 Å². The van der Waals surface area contributed by atoms with Gasteiger partial charge in [-0.25, -0.2) is 12.7 Å². The van der Waals surface area contributed by atoms with Crippen LogP contribution in [-0.2, 0) is 10.0 Å². The van der Waals surface area contributed by atoms with E-state index in [0.29, 0.717) is 8.95 Å². The normalized spacial score (nSPS) is 12.1. The summed E-state index contributed by atoms with van der Waals surface area (Å²) < 4.78 is 25.3. The molecule has 4 nitrogen and oxygen atoms in total. The van der Waals surface area contributed by atoms with Crippen LogP contribution in [0, 0.1) is 0 Å². The van der Waals surface area contributed by atoms with Crippen molar-refractivity contribution in [3.63, 3.8) is 0 Å². The fourth-order valence-corrected chi connectivity index (χ4v) is 3.35. The second kappa shape index (κ2) is 4.40. The van der Waals surface area contributed by atoms with Gasteiger partial charge in [-0.2, -0.15) is 0 Å². The minimum atomic E-state index is -3.48. The van der Waals surface area contributed by atoms with Gasteiger partial charge in [-0.3, -0.25) is 0 Å². The third-order valence-electron chi connectivity index (χ3n) is 1.77. The smallest absolute Gasteiger partial charge is 0.242 e. The Morgan fingerprint density at radius 2 is 1.60 bits per heavy atom. The molecule has 15 heavy (non-hydrogen) atoms. The van der Waals surface area contributed by atoms with Crippen LogP contribution in [0.25, 0.3) is 0 Å². The van der Waals surface area contributed by atoms with Gasteiger partial charge in [0.05, 0.1) is 13.8 Å². The van der Waals surface area contributed by atoms with Crippen LogP contribution in [0.3, 0.4) is 0 Å². The van der Waals surface area contributed by atoms with E-state index in [1.54, 1.807) is 0 Å². The molecule has 0 radical (unpaired) electrons. The van der Waals surface area contributed by atoms with Gasteiger partial charge < -0.3 is 5.11 Å². The molecule has 0 heterocycles. The SMILES string of the molecule is CN(C)S(=O)(=O)c1cc(Br)c(O)c(Br)c1. The van der Waals surface area contributed by atoms with Crippen LogP contribution >= 0.6 is 31.9 Å². The van der Waals surface area contributed by atoms with E-state index in [9.17, 15) is 13.5 Å². The van der Waals surface area contributed by atoms with Gasteiger partial charge in [0.15, 0.2) is 0 Å². The van der Waals surface area contributed by atoms with Crippen LogP contribution in [0.1, 0.15) is 0 Å². The number of hydrogen-bond donors (Lipinski definition) is 1. The number of benzene rings is 1. The van der Waals surface area contributed by atoms with Crippen molar-refractivity contribution in [3.8, 4) is 5.75 Å². The molecule has 0 spiro atoms. The first-order valence-corrected chi connectivity index (χ1v) is 6.90. The zero-order valence-corrected chi connectivity index (χ0v) is 12.0. The second-order valence-corrected chi connectivity index (χ2v) is 6.88. The first kappa shape index (κ1) is 13.0. The number of phenols is 1. The molecule has 0 saturated carbocycles. The topological polar surface area (TPSA) is 57.6 Å². The summed E-state index contributed by atoms with van der Waals surface area (Å²) in [6.07, 6.45) is 0. The molecule has 0 aromatic heterocycles. The molecule has 1 aromatic rings. The largest absolute Gasteiger partial charge is 0.506 e. The van der Waals surface area contributed by atoms with Crippen molar-refractivity contribution in [1.82, 2.24) is 4.31 Å². The number of hydrogen-bond acceptors (Lipinski definition) is 3. The fourth-order valence-electron chi connectivity index (χ4n) is 0.902. The summed E-state index contributed by atoms with van der Waals surface area (Å²) >= 11 is 6.15. The predicted octanol–water partition coefficient (Wildman–Crippen LogP) is 2.17. The van der Waals surface area contributed by atoms with Crippen molar-refractivity contribution in [2.45, 2.75) is 4.90 Å². The second-order valence-electron chi connectivity index (χ2n) is 3.02. The highest BCUT2D eigenvalue weighted by molar-refractivity contribution is 9.11. The number of rotatable bonds is 2. The summed E-state index contributed by atoms with van der Waals surface area (Å²) in [7, 11) is -0.580. The summed E-state index contributed by atoms with van der Waals surface area (Å²) in [6.45, 7) is 0. The highest BCUT2D eigenvalue weighted by atomic mass is 79.9. The monoisotopic (exact) mass is 357 g/mol. The number of aromatic hydroxyl groups is 1. The third-order valence-corrected chi connectivity index (χ3v) is 4.77. The lowest BCUT2D eigenvalue weighted by molar-refractivity contribution is 0.467. The summed E-state index contributed by atoms with van der Waals surface area (Å²) in [6, 6.07) is 2.71. The molecule has 0 aliphatic carbocycles. The van der Waals surface area contributed by atoms with Crippen LogP contribution in [0.4, 0.5) is 0 Å². The summed E-state index contributed by atoms with van der Waals surface area (Å²) in [5.41, 5.74) is 0. The average molecular weight is 359 g/mol. The Hall–Kier alpha value is -0.110. The van der Waals surface area contributed by atoms with E-state index in [1.807, 2.05) is 0 Å². The van der Waals surface area contributed by atoms with Gasteiger partial charge >= 0.3 is 0 Å². The number of sulfonamides is 1. The lowest BCUT2D eigenvalue weighted by Crippen LogP contribution is -2.22. The van der Waals surface area contributed by atoms with E-state index in [1.165, 1.54) is 26.2 Å².